The minimum atomic E-state index is -0.613. The fourth-order valence-corrected chi connectivity index (χ4v) is 1.52. The summed E-state index contributed by atoms with van der Waals surface area (Å²) in [6.07, 6.45) is -0.319. The summed E-state index contributed by atoms with van der Waals surface area (Å²) in [4.78, 5) is 10.8. The van der Waals surface area contributed by atoms with Crippen molar-refractivity contribution in [3.05, 3.63) is 29.8 Å². The number of aliphatic hydroxyl groups is 1. The fraction of sp³-hybridized carbons (Fsp3) is 0.500. The lowest BCUT2D eigenvalue weighted by molar-refractivity contribution is -0.140. The highest BCUT2D eigenvalue weighted by Crippen LogP contribution is 2.12. The smallest absolute Gasteiger partial charge is 0.306 e. The number of aryl methyl sites for hydroxylation is 1. The molecular weight excluding hydrogens is 246 g/mol. The van der Waals surface area contributed by atoms with Gasteiger partial charge in [-0.3, -0.25) is 4.79 Å². The van der Waals surface area contributed by atoms with Crippen LogP contribution in [-0.4, -0.2) is 44.0 Å². The Labute approximate surface area is 113 Å². The molecule has 0 amide bonds. The standard InChI is InChI=1S/C14H21NO4/c1-11-4-3-5-13(8-11)19-10-12(16)9-15-7-6-14(17)18-2/h3-5,8,12,15-16H,6-7,9-10H2,1-2H3. The lowest BCUT2D eigenvalue weighted by Crippen LogP contribution is -2.32. The van der Waals surface area contributed by atoms with Crippen molar-refractivity contribution in [1.82, 2.24) is 5.32 Å². The van der Waals surface area contributed by atoms with Gasteiger partial charge in [0.25, 0.3) is 0 Å². The second-order valence-electron chi connectivity index (χ2n) is 4.31. The predicted octanol–water partition coefficient (Wildman–Crippen LogP) is 0.887. The number of hydrogen-bond acceptors (Lipinski definition) is 5. The van der Waals surface area contributed by atoms with E-state index in [1.165, 1.54) is 7.11 Å². The molecule has 106 valence electrons. The second kappa shape index (κ2) is 8.50. The highest BCUT2D eigenvalue weighted by Gasteiger charge is 2.06. The third-order valence-corrected chi connectivity index (χ3v) is 2.55. The summed E-state index contributed by atoms with van der Waals surface area (Å²) in [5, 5.41) is 12.7. The summed E-state index contributed by atoms with van der Waals surface area (Å²) in [5.74, 6) is 0.478. The first-order valence-electron chi connectivity index (χ1n) is 6.27. The van der Waals surface area contributed by atoms with Crippen LogP contribution in [0.1, 0.15) is 12.0 Å². The number of carbonyl (C=O) groups is 1. The average Bonchev–Trinajstić information content (AvgIpc) is 2.41. The van der Waals surface area contributed by atoms with E-state index in [4.69, 9.17) is 4.74 Å². The molecule has 0 aromatic heterocycles. The molecule has 0 fully saturated rings. The third-order valence-electron chi connectivity index (χ3n) is 2.55. The van der Waals surface area contributed by atoms with Gasteiger partial charge in [0.05, 0.1) is 13.5 Å². The zero-order valence-corrected chi connectivity index (χ0v) is 11.4. The minimum absolute atomic E-state index is 0.217. The normalized spacial score (nSPS) is 11.9. The molecule has 0 aliphatic rings. The number of hydrogen-bond donors (Lipinski definition) is 2. The fourth-order valence-electron chi connectivity index (χ4n) is 1.52. The zero-order valence-electron chi connectivity index (χ0n) is 11.4. The number of nitrogens with one attached hydrogen (secondary N) is 1. The maximum atomic E-state index is 10.8. The molecule has 0 bridgehead atoms. The van der Waals surface area contributed by atoms with Crippen molar-refractivity contribution in [2.45, 2.75) is 19.4 Å². The van der Waals surface area contributed by atoms with E-state index in [-0.39, 0.29) is 12.6 Å². The molecule has 0 saturated carbocycles. The Kier molecular flexibility index (Phi) is 6.92. The van der Waals surface area contributed by atoms with Crippen molar-refractivity contribution in [3.8, 4) is 5.75 Å². The summed E-state index contributed by atoms with van der Waals surface area (Å²) in [6.45, 7) is 3.06. The Morgan fingerprint density at radius 1 is 1.47 bits per heavy atom. The monoisotopic (exact) mass is 267 g/mol. The zero-order chi connectivity index (χ0) is 14.1. The number of aliphatic hydroxyl groups excluding tert-OH is 1. The molecule has 5 nitrogen and oxygen atoms in total. The molecule has 1 atom stereocenters. The molecule has 0 aliphatic carbocycles. The molecule has 0 aliphatic heterocycles. The molecule has 1 aromatic carbocycles. The van der Waals surface area contributed by atoms with Gasteiger partial charge in [-0.25, -0.2) is 0 Å². The molecular formula is C14H21NO4. The quantitative estimate of drug-likeness (QED) is 0.541. The maximum Gasteiger partial charge on any atom is 0.306 e. The Hall–Kier alpha value is -1.59. The van der Waals surface area contributed by atoms with Crippen LogP contribution >= 0.6 is 0 Å². The SMILES string of the molecule is COC(=O)CCNCC(O)COc1cccc(C)c1. The van der Waals surface area contributed by atoms with E-state index in [2.05, 4.69) is 10.1 Å². The van der Waals surface area contributed by atoms with Crippen LogP contribution < -0.4 is 10.1 Å². The van der Waals surface area contributed by atoms with Gasteiger partial charge in [-0.2, -0.15) is 0 Å². The van der Waals surface area contributed by atoms with Gasteiger partial charge < -0.3 is 19.9 Å². The van der Waals surface area contributed by atoms with Crippen molar-refractivity contribution in [2.75, 3.05) is 26.8 Å². The van der Waals surface area contributed by atoms with Crippen LogP contribution in [0.3, 0.4) is 0 Å². The Morgan fingerprint density at radius 2 is 2.26 bits per heavy atom. The first-order valence-corrected chi connectivity index (χ1v) is 6.27. The largest absolute Gasteiger partial charge is 0.491 e. The van der Waals surface area contributed by atoms with Crippen LogP contribution in [0.5, 0.6) is 5.75 Å². The highest BCUT2D eigenvalue weighted by atomic mass is 16.5. The van der Waals surface area contributed by atoms with E-state index >= 15 is 0 Å². The molecule has 0 spiro atoms. The van der Waals surface area contributed by atoms with Crippen LogP contribution in [0.25, 0.3) is 0 Å². The summed E-state index contributed by atoms with van der Waals surface area (Å²) < 4.78 is 9.97. The van der Waals surface area contributed by atoms with Crippen LogP contribution in [-0.2, 0) is 9.53 Å². The van der Waals surface area contributed by atoms with E-state index in [9.17, 15) is 9.90 Å². The molecule has 0 saturated heterocycles. The second-order valence-corrected chi connectivity index (χ2v) is 4.31. The summed E-state index contributed by atoms with van der Waals surface area (Å²) in [5.41, 5.74) is 1.11. The van der Waals surface area contributed by atoms with Gasteiger partial charge in [0, 0.05) is 13.1 Å². The topological polar surface area (TPSA) is 67.8 Å². The van der Waals surface area contributed by atoms with Crippen LogP contribution in [0, 0.1) is 6.92 Å². The lowest BCUT2D eigenvalue weighted by atomic mass is 10.2. The van der Waals surface area contributed by atoms with Crippen molar-refractivity contribution in [2.24, 2.45) is 0 Å². The maximum absolute atomic E-state index is 10.8. The van der Waals surface area contributed by atoms with Gasteiger partial charge in [0.1, 0.15) is 18.5 Å². The summed E-state index contributed by atoms with van der Waals surface area (Å²) >= 11 is 0. The van der Waals surface area contributed by atoms with Crippen molar-refractivity contribution in [1.29, 1.82) is 0 Å². The molecule has 1 rings (SSSR count). The summed E-state index contributed by atoms with van der Waals surface area (Å²) in [7, 11) is 1.35. The van der Waals surface area contributed by atoms with E-state index in [1.807, 2.05) is 31.2 Å². The van der Waals surface area contributed by atoms with Gasteiger partial charge in [0.2, 0.25) is 0 Å². The van der Waals surface area contributed by atoms with Gasteiger partial charge >= 0.3 is 5.97 Å². The van der Waals surface area contributed by atoms with Gasteiger partial charge in [-0.05, 0) is 24.6 Å². The molecule has 0 heterocycles. The van der Waals surface area contributed by atoms with Crippen LogP contribution in [0.15, 0.2) is 24.3 Å². The van der Waals surface area contributed by atoms with E-state index in [0.29, 0.717) is 19.5 Å². The first kappa shape index (κ1) is 15.5. The Balaban J connectivity index is 2.14. The minimum Gasteiger partial charge on any atom is -0.491 e. The number of ether oxygens (including phenoxy) is 2. The Morgan fingerprint density at radius 3 is 2.95 bits per heavy atom. The number of carbonyl (C=O) groups excluding carboxylic acids is 1. The number of rotatable bonds is 8. The third kappa shape index (κ3) is 6.79. The molecule has 1 aromatic rings. The molecule has 0 radical (unpaired) electrons. The van der Waals surface area contributed by atoms with Crippen LogP contribution in [0.2, 0.25) is 0 Å². The summed E-state index contributed by atoms with van der Waals surface area (Å²) in [6, 6.07) is 7.66. The van der Waals surface area contributed by atoms with Crippen LogP contribution in [0.4, 0.5) is 0 Å². The molecule has 1 unspecified atom stereocenters. The van der Waals surface area contributed by atoms with E-state index in [0.717, 1.165) is 11.3 Å². The molecule has 5 heteroatoms. The Bertz CT molecular complexity index is 395. The van der Waals surface area contributed by atoms with Crippen molar-refractivity contribution < 1.29 is 19.4 Å². The first-order chi connectivity index (χ1) is 9.11. The number of benzene rings is 1. The molecule has 2 N–H and O–H groups in total. The predicted molar refractivity (Wildman–Crippen MR) is 72.2 cm³/mol. The lowest BCUT2D eigenvalue weighted by Gasteiger charge is -2.13. The van der Waals surface area contributed by atoms with Gasteiger partial charge in [-0.1, -0.05) is 12.1 Å². The number of esters is 1. The highest BCUT2D eigenvalue weighted by molar-refractivity contribution is 5.69. The van der Waals surface area contributed by atoms with E-state index < -0.39 is 6.10 Å². The van der Waals surface area contributed by atoms with Crippen molar-refractivity contribution in [3.63, 3.8) is 0 Å². The van der Waals surface area contributed by atoms with Gasteiger partial charge in [-0.15, -0.1) is 0 Å². The number of methoxy groups -OCH3 is 1. The molecule has 19 heavy (non-hydrogen) atoms. The van der Waals surface area contributed by atoms with Gasteiger partial charge in [0.15, 0.2) is 0 Å². The average molecular weight is 267 g/mol. The van der Waals surface area contributed by atoms with E-state index in [1.54, 1.807) is 0 Å². The van der Waals surface area contributed by atoms with Crippen molar-refractivity contribution >= 4 is 5.97 Å².